The maximum atomic E-state index is 13.1. The van der Waals surface area contributed by atoms with Gasteiger partial charge in [0.2, 0.25) is 0 Å². The Morgan fingerprint density at radius 3 is 2.83 bits per heavy atom. The average Bonchev–Trinajstić information content (AvgIpc) is 3.12. The van der Waals surface area contributed by atoms with E-state index in [1.807, 2.05) is 31.2 Å². The quantitative estimate of drug-likeness (QED) is 0.555. The SMILES string of the molecule is Cc1ccncc1C#Cc1ccc2c(=O)n3c(nc2c1)CCC1(CC3)OCCO1. The van der Waals surface area contributed by atoms with E-state index >= 15 is 0 Å². The summed E-state index contributed by atoms with van der Waals surface area (Å²) in [5.74, 6) is 6.54. The lowest BCUT2D eigenvalue weighted by Crippen LogP contribution is -2.31. The number of nitrogens with zero attached hydrogens (tertiary/aromatic N) is 3. The predicted octanol–water partition coefficient (Wildman–Crippen LogP) is 2.58. The Balaban J connectivity index is 1.52. The van der Waals surface area contributed by atoms with Gasteiger partial charge in [-0.3, -0.25) is 14.3 Å². The predicted molar refractivity (Wildman–Crippen MR) is 109 cm³/mol. The molecule has 1 fully saturated rings. The third-order valence-corrected chi connectivity index (χ3v) is 5.67. The van der Waals surface area contributed by atoms with Gasteiger partial charge >= 0.3 is 0 Å². The van der Waals surface area contributed by atoms with E-state index < -0.39 is 5.79 Å². The number of pyridine rings is 1. The lowest BCUT2D eigenvalue weighted by Gasteiger charge is -2.24. The van der Waals surface area contributed by atoms with E-state index in [4.69, 9.17) is 14.5 Å². The zero-order valence-electron chi connectivity index (χ0n) is 16.3. The summed E-state index contributed by atoms with van der Waals surface area (Å²) in [6, 6.07) is 7.52. The van der Waals surface area contributed by atoms with Gasteiger partial charge in [0.05, 0.1) is 24.1 Å². The summed E-state index contributed by atoms with van der Waals surface area (Å²) >= 11 is 0. The van der Waals surface area contributed by atoms with E-state index in [9.17, 15) is 4.79 Å². The first-order valence-electron chi connectivity index (χ1n) is 9.88. The fraction of sp³-hybridized carbons (Fsp3) is 0.348. The van der Waals surface area contributed by atoms with E-state index in [1.165, 1.54) is 0 Å². The highest BCUT2D eigenvalue weighted by Crippen LogP contribution is 2.31. The molecule has 6 heteroatoms. The minimum Gasteiger partial charge on any atom is -0.347 e. The number of aromatic nitrogens is 3. The lowest BCUT2D eigenvalue weighted by atomic mass is 10.1. The molecule has 1 spiro atoms. The van der Waals surface area contributed by atoms with Gasteiger partial charge in [-0.2, -0.15) is 0 Å². The van der Waals surface area contributed by atoms with Crippen LogP contribution in [0, 0.1) is 18.8 Å². The molecule has 0 aliphatic carbocycles. The molecule has 2 aliphatic rings. The molecule has 0 saturated carbocycles. The Bertz CT molecular complexity index is 1210. The Morgan fingerprint density at radius 1 is 1.14 bits per heavy atom. The van der Waals surface area contributed by atoms with Crippen molar-refractivity contribution in [1.82, 2.24) is 14.5 Å². The minimum absolute atomic E-state index is 0.0114. The van der Waals surface area contributed by atoms with Crippen molar-refractivity contribution in [2.75, 3.05) is 13.2 Å². The number of rotatable bonds is 0. The van der Waals surface area contributed by atoms with Crippen molar-refractivity contribution < 1.29 is 9.47 Å². The number of hydrogen-bond acceptors (Lipinski definition) is 5. The molecule has 0 atom stereocenters. The van der Waals surface area contributed by atoms with Gasteiger partial charge < -0.3 is 9.47 Å². The molecular formula is C23H21N3O3. The Hall–Kier alpha value is -3.01. The molecule has 1 saturated heterocycles. The van der Waals surface area contributed by atoms with Crippen molar-refractivity contribution >= 4 is 10.9 Å². The normalized spacial score (nSPS) is 17.6. The van der Waals surface area contributed by atoms with Crippen LogP contribution in [0.25, 0.3) is 10.9 Å². The zero-order chi connectivity index (χ0) is 19.8. The standard InChI is InChI=1S/C23H21N3O3/c1-16-7-10-24-15-18(16)4-2-17-3-5-19-20(14-17)25-21-6-8-23(28-12-13-29-23)9-11-26(21)22(19)27/h3,5,7,10,14-15H,6,8-9,11-13H2,1H3. The van der Waals surface area contributed by atoms with Crippen LogP contribution >= 0.6 is 0 Å². The summed E-state index contributed by atoms with van der Waals surface area (Å²) < 4.78 is 13.5. The molecule has 6 nitrogen and oxygen atoms in total. The van der Waals surface area contributed by atoms with Crippen molar-refractivity contribution in [3.8, 4) is 11.8 Å². The summed E-state index contributed by atoms with van der Waals surface area (Å²) in [5.41, 5.74) is 3.47. The van der Waals surface area contributed by atoms with Crippen molar-refractivity contribution in [2.45, 2.75) is 38.5 Å². The zero-order valence-corrected chi connectivity index (χ0v) is 16.3. The summed E-state index contributed by atoms with van der Waals surface area (Å²) in [5, 5.41) is 0.612. The van der Waals surface area contributed by atoms with Crippen LogP contribution in [0.15, 0.2) is 41.5 Å². The van der Waals surface area contributed by atoms with E-state index in [1.54, 1.807) is 17.0 Å². The van der Waals surface area contributed by atoms with Crippen LogP contribution in [0.3, 0.4) is 0 Å². The molecule has 0 unspecified atom stereocenters. The van der Waals surface area contributed by atoms with Gasteiger partial charge in [0.25, 0.3) is 5.56 Å². The van der Waals surface area contributed by atoms with Gasteiger partial charge in [-0.15, -0.1) is 0 Å². The average molecular weight is 387 g/mol. The van der Waals surface area contributed by atoms with Crippen molar-refractivity contribution in [3.05, 3.63) is 69.5 Å². The van der Waals surface area contributed by atoms with E-state index in [0.717, 1.165) is 22.5 Å². The number of aryl methyl sites for hydroxylation is 2. The van der Waals surface area contributed by atoms with Crippen LogP contribution in [0.5, 0.6) is 0 Å². The van der Waals surface area contributed by atoms with E-state index in [2.05, 4.69) is 16.8 Å². The second kappa shape index (κ2) is 7.11. The number of hydrogen-bond donors (Lipinski definition) is 0. The Kier molecular flexibility index (Phi) is 4.42. The van der Waals surface area contributed by atoms with Gasteiger partial charge in [0.15, 0.2) is 5.79 Å². The summed E-state index contributed by atoms with van der Waals surface area (Å²) in [6.45, 7) is 3.78. The fourth-order valence-electron chi connectivity index (χ4n) is 4.00. The lowest BCUT2D eigenvalue weighted by molar-refractivity contribution is -0.165. The molecule has 0 N–H and O–H groups in total. The van der Waals surface area contributed by atoms with Gasteiger partial charge in [0, 0.05) is 49.3 Å². The first-order chi connectivity index (χ1) is 14.1. The van der Waals surface area contributed by atoms with Crippen molar-refractivity contribution in [3.63, 3.8) is 0 Å². The van der Waals surface area contributed by atoms with Crippen molar-refractivity contribution in [1.29, 1.82) is 0 Å². The molecule has 5 rings (SSSR count). The number of benzene rings is 1. The maximum Gasteiger partial charge on any atom is 0.261 e. The monoisotopic (exact) mass is 387 g/mol. The molecule has 2 aliphatic heterocycles. The van der Waals surface area contributed by atoms with Crippen LogP contribution in [0.1, 0.15) is 35.4 Å². The van der Waals surface area contributed by atoms with Crippen LogP contribution < -0.4 is 5.56 Å². The molecular weight excluding hydrogens is 366 g/mol. The summed E-state index contributed by atoms with van der Waals surface area (Å²) in [4.78, 5) is 22.0. The summed E-state index contributed by atoms with van der Waals surface area (Å²) in [6.07, 6.45) is 5.55. The topological polar surface area (TPSA) is 66.2 Å². The van der Waals surface area contributed by atoms with Gasteiger partial charge in [-0.05, 0) is 36.8 Å². The highest BCUT2D eigenvalue weighted by Gasteiger charge is 2.38. The minimum atomic E-state index is -0.565. The molecule has 1 aromatic carbocycles. The van der Waals surface area contributed by atoms with Crippen LogP contribution in [-0.2, 0) is 22.4 Å². The van der Waals surface area contributed by atoms with Gasteiger partial charge in [-0.1, -0.05) is 11.8 Å². The maximum absolute atomic E-state index is 13.1. The molecule has 146 valence electrons. The molecule has 3 aromatic rings. The Morgan fingerprint density at radius 2 is 2.00 bits per heavy atom. The molecule has 4 heterocycles. The van der Waals surface area contributed by atoms with Crippen LogP contribution in [0.2, 0.25) is 0 Å². The summed E-state index contributed by atoms with van der Waals surface area (Å²) in [7, 11) is 0. The highest BCUT2D eigenvalue weighted by molar-refractivity contribution is 5.79. The molecule has 2 aromatic heterocycles. The Labute approximate surface area is 168 Å². The van der Waals surface area contributed by atoms with Crippen LogP contribution in [-0.4, -0.2) is 33.5 Å². The van der Waals surface area contributed by atoms with Crippen LogP contribution in [0.4, 0.5) is 0 Å². The van der Waals surface area contributed by atoms with Crippen molar-refractivity contribution in [2.24, 2.45) is 0 Å². The van der Waals surface area contributed by atoms with Gasteiger partial charge in [-0.25, -0.2) is 4.98 Å². The van der Waals surface area contributed by atoms with E-state index in [-0.39, 0.29) is 5.56 Å². The number of fused-ring (bicyclic) bond motifs is 2. The van der Waals surface area contributed by atoms with Gasteiger partial charge in [0.1, 0.15) is 5.82 Å². The third-order valence-electron chi connectivity index (χ3n) is 5.67. The fourth-order valence-corrected chi connectivity index (χ4v) is 4.00. The largest absolute Gasteiger partial charge is 0.347 e. The third kappa shape index (κ3) is 3.33. The molecule has 0 amide bonds. The molecule has 0 radical (unpaired) electrons. The van der Waals surface area contributed by atoms with E-state index in [0.29, 0.717) is 49.9 Å². The first-order valence-corrected chi connectivity index (χ1v) is 9.88. The first kappa shape index (κ1) is 18.0. The second-order valence-corrected chi connectivity index (χ2v) is 7.51. The number of ether oxygens (including phenoxy) is 2. The molecule has 29 heavy (non-hydrogen) atoms. The highest BCUT2D eigenvalue weighted by atomic mass is 16.7. The smallest absolute Gasteiger partial charge is 0.261 e. The molecule has 0 bridgehead atoms. The second-order valence-electron chi connectivity index (χ2n) is 7.51.